The van der Waals surface area contributed by atoms with Crippen LogP contribution >= 0.6 is 0 Å². The lowest BCUT2D eigenvalue weighted by Gasteiger charge is -2.29. The second kappa shape index (κ2) is 9.59. The third-order valence-electron chi connectivity index (χ3n) is 4.26. The van der Waals surface area contributed by atoms with Crippen LogP contribution in [0, 0.1) is 5.92 Å². The van der Waals surface area contributed by atoms with E-state index >= 15 is 0 Å². The Labute approximate surface area is 144 Å². The molecule has 134 valence electrons. The largest absolute Gasteiger partial charge is 0.475 e. The quantitative estimate of drug-likeness (QED) is 0.698. The van der Waals surface area contributed by atoms with Crippen molar-refractivity contribution in [3.05, 3.63) is 23.9 Å². The summed E-state index contributed by atoms with van der Waals surface area (Å²) in [5.41, 5.74) is 0.880. The van der Waals surface area contributed by atoms with Crippen molar-refractivity contribution in [3.63, 3.8) is 0 Å². The highest BCUT2D eigenvalue weighted by Crippen LogP contribution is 2.19. The van der Waals surface area contributed by atoms with Gasteiger partial charge < -0.3 is 14.8 Å². The number of carbonyl (C=O) groups is 1. The van der Waals surface area contributed by atoms with E-state index < -0.39 is 0 Å². The first kappa shape index (κ1) is 18.7. The molecule has 1 fully saturated rings. The van der Waals surface area contributed by atoms with Gasteiger partial charge in [-0.15, -0.1) is 0 Å². The fourth-order valence-electron chi connectivity index (χ4n) is 3.11. The first-order valence-electron chi connectivity index (χ1n) is 8.71. The van der Waals surface area contributed by atoms with E-state index in [1.54, 1.807) is 13.3 Å². The Morgan fingerprint density at radius 2 is 2.08 bits per heavy atom. The van der Waals surface area contributed by atoms with Gasteiger partial charge in [-0.05, 0) is 37.9 Å². The highest BCUT2D eigenvalue weighted by atomic mass is 16.5. The van der Waals surface area contributed by atoms with E-state index in [9.17, 15) is 4.79 Å². The first-order chi connectivity index (χ1) is 11.6. The summed E-state index contributed by atoms with van der Waals surface area (Å²) in [6.45, 7) is 7.59. The number of pyridine rings is 1. The number of hydrogen-bond donors (Lipinski definition) is 1. The summed E-state index contributed by atoms with van der Waals surface area (Å²) in [5.74, 6) is 0.921. The van der Waals surface area contributed by atoms with Crippen LogP contribution in [-0.2, 0) is 16.1 Å². The van der Waals surface area contributed by atoms with Crippen LogP contribution in [0.4, 0.5) is 0 Å². The molecule has 2 rings (SSSR count). The number of nitrogens with one attached hydrogen (secondary N) is 1. The van der Waals surface area contributed by atoms with Gasteiger partial charge in [0.05, 0.1) is 12.6 Å². The van der Waals surface area contributed by atoms with Gasteiger partial charge in [-0.25, -0.2) is 4.98 Å². The topological polar surface area (TPSA) is 63.7 Å². The molecule has 1 aromatic heterocycles. The van der Waals surface area contributed by atoms with Crippen molar-refractivity contribution in [2.75, 3.05) is 33.4 Å². The lowest BCUT2D eigenvalue weighted by molar-refractivity contribution is -0.127. The number of amides is 1. The molecule has 1 amide bonds. The van der Waals surface area contributed by atoms with E-state index in [2.05, 4.69) is 29.0 Å². The molecule has 0 saturated carbocycles. The van der Waals surface area contributed by atoms with Gasteiger partial charge >= 0.3 is 0 Å². The van der Waals surface area contributed by atoms with Gasteiger partial charge in [0, 0.05) is 25.4 Å². The Morgan fingerprint density at radius 1 is 1.33 bits per heavy atom. The molecule has 1 aliphatic rings. The number of likely N-dealkylation sites (tertiary alicyclic amines) is 1. The maximum absolute atomic E-state index is 12.7. The molecule has 1 atom stereocenters. The van der Waals surface area contributed by atoms with Crippen LogP contribution in [0.25, 0.3) is 0 Å². The second-order valence-corrected chi connectivity index (χ2v) is 6.46. The number of hydrogen-bond acceptors (Lipinski definition) is 5. The summed E-state index contributed by atoms with van der Waals surface area (Å²) in [6, 6.07) is 3.71. The molecule has 0 aliphatic carbocycles. The van der Waals surface area contributed by atoms with Gasteiger partial charge in [0.15, 0.2) is 0 Å². The van der Waals surface area contributed by atoms with Crippen LogP contribution in [-0.4, -0.2) is 55.2 Å². The zero-order chi connectivity index (χ0) is 17.4. The molecule has 1 aliphatic heterocycles. The molecule has 0 spiro atoms. The third-order valence-corrected chi connectivity index (χ3v) is 4.26. The predicted molar refractivity (Wildman–Crippen MR) is 92.9 cm³/mol. The van der Waals surface area contributed by atoms with E-state index in [1.807, 2.05) is 12.1 Å². The van der Waals surface area contributed by atoms with E-state index in [1.165, 1.54) is 12.8 Å². The van der Waals surface area contributed by atoms with Gasteiger partial charge in [0.2, 0.25) is 11.8 Å². The van der Waals surface area contributed by atoms with Crippen molar-refractivity contribution in [2.24, 2.45) is 5.92 Å². The summed E-state index contributed by atoms with van der Waals surface area (Å²) in [5, 5.41) is 3.06. The number of aromatic nitrogens is 1. The Bertz CT molecular complexity index is 516. The molecule has 1 aromatic rings. The van der Waals surface area contributed by atoms with Gasteiger partial charge in [-0.2, -0.15) is 0 Å². The number of nitrogens with zero attached hydrogens (tertiary/aromatic N) is 2. The van der Waals surface area contributed by atoms with Crippen LogP contribution in [0.15, 0.2) is 18.3 Å². The Hall–Kier alpha value is -1.66. The third kappa shape index (κ3) is 5.18. The highest BCUT2D eigenvalue weighted by Gasteiger charge is 2.30. The van der Waals surface area contributed by atoms with Crippen LogP contribution in [0.3, 0.4) is 0 Å². The average Bonchev–Trinajstić information content (AvgIpc) is 3.08. The summed E-state index contributed by atoms with van der Waals surface area (Å²) >= 11 is 0. The van der Waals surface area contributed by atoms with Gasteiger partial charge in [-0.3, -0.25) is 9.69 Å². The van der Waals surface area contributed by atoms with Gasteiger partial charge in [-0.1, -0.05) is 19.9 Å². The molecule has 0 radical (unpaired) electrons. The van der Waals surface area contributed by atoms with Crippen molar-refractivity contribution in [1.29, 1.82) is 0 Å². The fraction of sp³-hybridized carbons (Fsp3) is 0.667. The molecule has 1 N–H and O–H groups in total. The van der Waals surface area contributed by atoms with E-state index in [0.29, 0.717) is 25.6 Å². The first-order valence-corrected chi connectivity index (χ1v) is 8.71. The number of rotatable bonds is 9. The lowest BCUT2D eigenvalue weighted by atomic mass is 10.0. The molecule has 6 nitrogen and oxygen atoms in total. The normalized spacial score (nSPS) is 16.3. The van der Waals surface area contributed by atoms with E-state index in [-0.39, 0.29) is 17.9 Å². The fourth-order valence-corrected chi connectivity index (χ4v) is 3.11. The Kier molecular flexibility index (Phi) is 7.46. The average molecular weight is 335 g/mol. The molecule has 2 heterocycles. The summed E-state index contributed by atoms with van der Waals surface area (Å²) < 4.78 is 10.6. The minimum Gasteiger partial charge on any atom is -0.475 e. The number of ether oxygens (including phenoxy) is 2. The van der Waals surface area contributed by atoms with Gasteiger partial charge in [0.1, 0.15) is 6.61 Å². The smallest absolute Gasteiger partial charge is 0.237 e. The maximum Gasteiger partial charge on any atom is 0.237 e. The minimum atomic E-state index is -0.0676. The monoisotopic (exact) mass is 335 g/mol. The number of carbonyl (C=O) groups excluding carboxylic acids is 1. The summed E-state index contributed by atoms with van der Waals surface area (Å²) in [4.78, 5) is 19.2. The Morgan fingerprint density at radius 3 is 2.75 bits per heavy atom. The Balaban J connectivity index is 1.94. The molecular weight excluding hydrogens is 306 g/mol. The van der Waals surface area contributed by atoms with Crippen molar-refractivity contribution in [1.82, 2.24) is 15.2 Å². The van der Waals surface area contributed by atoms with E-state index in [4.69, 9.17) is 9.47 Å². The zero-order valence-electron chi connectivity index (χ0n) is 15.0. The lowest BCUT2D eigenvalue weighted by Crippen LogP contribution is -2.48. The molecule has 1 unspecified atom stereocenters. The van der Waals surface area contributed by atoms with E-state index in [0.717, 1.165) is 18.7 Å². The van der Waals surface area contributed by atoms with Crippen LogP contribution in [0.1, 0.15) is 32.3 Å². The second-order valence-electron chi connectivity index (χ2n) is 6.46. The summed E-state index contributed by atoms with van der Waals surface area (Å²) in [6.07, 6.45) is 4.04. The van der Waals surface area contributed by atoms with Crippen LogP contribution < -0.4 is 10.1 Å². The van der Waals surface area contributed by atoms with Crippen molar-refractivity contribution in [2.45, 2.75) is 39.3 Å². The standard InChI is InChI=1S/C18H29N3O3/c1-14(2)16(21-9-4-5-10-21)17(22)20-13-15-7-6-8-19-18(15)24-12-11-23-3/h6-8,14,16H,4-5,9-13H2,1-3H3,(H,20,22). The molecule has 6 heteroatoms. The maximum atomic E-state index is 12.7. The zero-order valence-corrected chi connectivity index (χ0v) is 15.0. The molecular formula is C18H29N3O3. The highest BCUT2D eigenvalue weighted by molar-refractivity contribution is 5.82. The van der Waals surface area contributed by atoms with Crippen LogP contribution in [0.2, 0.25) is 0 Å². The van der Waals surface area contributed by atoms with Crippen LogP contribution in [0.5, 0.6) is 5.88 Å². The van der Waals surface area contributed by atoms with Crippen molar-refractivity contribution in [3.8, 4) is 5.88 Å². The number of methoxy groups -OCH3 is 1. The SMILES string of the molecule is COCCOc1ncccc1CNC(=O)C(C(C)C)N1CCCC1. The molecule has 1 saturated heterocycles. The molecule has 0 aromatic carbocycles. The minimum absolute atomic E-state index is 0.0676. The molecule has 24 heavy (non-hydrogen) atoms. The molecule has 0 bridgehead atoms. The van der Waals surface area contributed by atoms with Gasteiger partial charge in [0.25, 0.3) is 0 Å². The summed E-state index contributed by atoms with van der Waals surface area (Å²) in [7, 11) is 1.63. The van der Waals surface area contributed by atoms with Crippen molar-refractivity contribution < 1.29 is 14.3 Å². The predicted octanol–water partition coefficient (Wildman–Crippen LogP) is 1.84. The van der Waals surface area contributed by atoms with Crippen molar-refractivity contribution >= 4 is 5.91 Å².